The minimum Gasteiger partial charge on any atom is -0.481 e. The first-order valence-electron chi connectivity index (χ1n) is 7.00. The van der Waals surface area contributed by atoms with Crippen molar-refractivity contribution in [3.8, 4) is 0 Å². The molecule has 1 amide bonds. The summed E-state index contributed by atoms with van der Waals surface area (Å²) in [5.41, 5.74) is 0. The van der Waals surface area contributed by atoms with E-state index in [2.05, 4.69) is 10.6 Å². The molecule has 0 saturated carbocycles. The van der Waals surface area contributed by atoms with Gasteiger partial charge in [0, 0.05) is 32.4 Å². The molecule has 0 radical (unpaired) electrons. The monoisotopic (exact) mass is 290 g/mol. The Morgan fingerprint density at radius 3 is 1.95 bits per heavy atom. The van der Waals surface area contributed by atoms with Crippen LogP contribution in [0, 0.1) is 0 Å². The summed E-state index contributed by atoms with van der Waals surface area (Å²) in [5, 5.41) is 13.1. The smallest absolute Gasteiger partial charge is 0.300 e. The maximum Gasteiger partial charge on any atom is 0.300 e. The lowest BCUT2D eigenvalue weighted by Gasteiger charge is -2.08. The Labute approximate surface area is 122 Å². The van der Waals surface area contributed by atoms with Crippen LogP contribution < -0.4 is 10.6 Å². The summed E-state index contributed by atoms with van der Waals surface area (Å²) in [4.78, 5) is 31.0. The predicted octanol–water partition coefficient (Wildman–Crippen LogP) is 1.59. The quantitative estimate of drug-likeness (QED) is 0.661. The van der Waals surface area contributed by atoms with E-state index >= 15 is 0 Å². The zero-order valence-corrected chi connectivity index (χ0v) is 13.6. The van der Waals surface area contributed by atoms with E-state index in [0.29, 0.717) is 32.0 Å². The molecule has 0 aromatic rings. The van der Waals surface area contributed by atoms with Gasteiger partial charge in [0.1, 0.15) is 5.78 Å². The molecule has 6 heteroatoms. The third-order valence-electron chi connectivity index (χ3n) is 1.79. The maximum atomic E-state index is 11.1. The molecule has 0 saturated heterocycles. The van der Waals surface area contributed by atoms with Gasteiger partial charge in [-0.3, -0.25) is 14.4 Å². The number of carboxylic acids is 1. The van der Waals surface area contributed by atoms with Gasteiger partial charge in [-0.1, -0.05) is 34.6 Å². The van der Waals surface area contributed by atoms with Gasteiger partial charge in [-0.05, 0) is 0 Å². The molecule has 0 spiro atoms. The third-order valence-corrected chi connectivity index (χ3v) is 1.79. The number of carbonyl (C=O) groups excluding carboxylic acids is 2. The Morgan fingerprint density at radius 1 is 1.15 bits per heavy atom. The average Bonchev–Trinajstić information content (AvgIpc) is 2.37. The number of Topliss-reactive ketones (excluding diaryl/α,β-unsaturated/α-hetero) is 1. The van der Waals surface area contributed by atoms with Crippen LogP contribution in [-0.2, 0) is 14.4 Å². The number of aliphatic carboxylic acids is 1. The number of nitrogens with one attached hydrogen (secondary N) is 2. The average molecular weight is 290 g/mol. The zero-order valence-electron chi connectivity index (χ0n) is 13.6. The van der Waals surface area contributed by atoms with Crippen molar-refractivity contribution >= 4 is 17.7 Å². The highest BCUT2D eigenvalue weighted by Gasteiger charge is 2.02. The fraction of sp³-hybridized carbons (Fsp3) is 0.786. The summed E-state index contributed by atoms with van der Waals surface area (Å²) in [7, 11) is 0. The largest absolute Gasteiger partial charge is 0.481 e. The number of hydrogen-bond donors (Lipinski definition) is 3. The lowest BCUT2D eigenvalue weighted by atomic mass is 10.2. The zero-order chi connectivity index (χ0) is 16.6. The maximum absolute atomic E-state index is 11.1. The lowest BCUT2D eigenvalue weighted by Crippen LogP contribution is -2.37. The molecule has 0 fully saturated rings. The van der Waals surface area contributed by atoms with Crippen LogP contribution in [0.3, 0.4) is 0 Å². The highest BCUT2D eigenvalue weighted by molar-refractivity contribution is 5.80. The van der Waals surface area contributed by atoms with Gasteiger partial charge in [0.2, 0.25) is 5.91 Å². The van der Waals surface area contributed by atoms with Gasteiger partial charge in [-0.15, -0.1) is 0 Å². The van der Waals surface area contributed by atoms with Crippen molar-refractivity contribution in [2.24, 2.45) is 0 Å². The molecule has 0 heterocycles. The highest BCUT2D eigenvalue weighted by atomic mass is 16.4. The van der Waals surface area contributed by atoms with Crippen LogP contribution in [0.15, 0.2) is 0 Å². The Kier molecular flexibility index (Phi) is 20.8. The molecule has 0 unspecified atom stereocenters. The molecule has 6 nitrogen and oxygen atoms in total. The van der Waals surface area contributed by atoms with Crippen molar-refractivity contribution in [3.05, 3.63) is 0 Å². The number of rotatable bonds is 7. The summed E-state index contributed by atoms with van der Waals surface area (Å²) in [6, 6.07) is 0.304. The van der Waals surface area contributed by atoms with Gasteiger partial charge >= 0.3 is 0 Å². The van der Waals surface area contributed by atoms with Crippen LogP contribution in [-0.4, -0.2) is 41.9 Å². The summed E-state index contributed by atoms with van der Waals surface area (Å²) >= 11 is 0. The van der Waals surface area contributed by atoms with Gasteiger partial charge in [0.05, 0.1) is 6.54 Å². The number of hydrogen-bond acceptors (Lipinski definition) is 4. The molecule has 0 atom stereocenters. The molecule has 20 heavy (non-hydrogen) atoms. The van der Waals surface area contributed by atoms with E-state index in [-0.39, 0.29) is 11.7 Å². The molecule has 120 valence electrons. The molecule has 0 aliphatic carbocycles. The summed E-state index contributed by atoms with van der Waals surface area (Å²) in [6.07, 6.45) is 0.976. The van der Waals surface area contributed by atoms with Gasteiger partial charge in [-0.25, -0.2) is 0 Å². The van der Waals surface area contributed by atoms with E-state index in [0.717, 1.165) is 6.92 Å². The Morgan fingerprint density at radius 2 is 1.60 bits per heavy atom. The molecule has 3 N–H and O–H groups in total. The van der Waals surface area contributed by atoms with Crippen molar-refractivity contribution in [1.29, 1.82) is 0 Å². The Bertz CT molecular complexity index is 262. The van der Waals surface area contributed by atoms with Gasteiger partial charge in [0.15, 0.2) is 0 Å². The number of carboxylic acid groups (broad SMARTS) is 1. The Balaban J connectivity index is -0.000000410. The van der Waals surface area contributed by atoms with Crippen molar-refractivity contribution in [2.45, 2.75) is 60.4 Å². The number of carbonyl (C=O) groups is 3. The van der Waals surface area contributed by atoms with Crippen LogP contribution in [0.2, 0.25) is 0 Å². The SMILES string of the molecule is CC.CC(=O)O.CCC(=O)CCNC(=O)CNC(C)C. The summed E-state index contributed by atoms with van der Waals surface area (Å²) in [6.45, 7) is 11.6. The van der Waals surface area contributed by atoms with E-state index in [9.17, 15) is 9.59 Å². The molecule has 0 bridgehead atoms. The fourth-order valence-corrected chi connectivity index (χ4v) is 0.877. The number of ketones is 1. The second-order valence-electron chi connectivity index (χ2n) is 4.05. The topological polar surface area (TPSA) is 95.5 Å². The normalized spacial score (nSPS) is 8.75. The highest BCUT2D eigenvalue weighted by Crippen LogP contribution is 1.86. The van der Waals surface area contributed by atoms with E-state index in [1.165, 1.54) is 0 Å². The standard InChI is InChI=1S/C10H20N2O2.C2H4O2.C2H6/c1-4-9(13)5-6-11-10(14)7-12-8(2)3;1-2(3)4;1-2/h8,12H,4-7H2,1-3H3,(H,11,14);1H3,(H,3,4);1-2H3. The van der Waals surface area contributed by atoms with Crippen molar-refractivity contribution in [2.75, 3.05) is 13.1 Å². The molecule has 0 aromatic heterocycles. The molecule has 0 rings (SSSR count). The lowest BCUT2D eigenvalue weighted by molar-refractivity contribution is -0.134. The fourth-order valence-electron chi connectivity index (χ4n) is 0.877. The molecule has 0 aliphatic rings. The predicted molar refractivity (Wildman–Crippen MR) is 80.7 cm³/mol. The van der Waals surface area contributed by atoms with E-state index in [1.807, 2.05) is 34.6 Å². The minimum absolute atomic E-state index is 0.0531. The first-order chi connectivity index (χ1) is 9.29. The molecule has 0 aliphatic heterocycles. The van der Waals surface area contributed by atoms with E-state index < -0.39 is 5.97 Å². The van der Waals surface area contributed by atoms with Gasteiger partial charge in [0.25, 0.3) is 5.97 Å². The van der Waals surface area contributed by atoms with Crippen LogP contribution in [0.5, 0.6) is 0 Å². The first kappa shape index (κ1) is 23.6. The second-order valence-corrected chi connectivity index (χ2v) is 4.05. The van der Waals surface area contributed by atoms with Crippen molar-refractivity contribution in [1.82, 2.24) is 10.6 Å². The molecular weight excluding hydrogens is 260 g/mol. The Hall–Kier alpha value is -1.43. The van der Waals surface area contributed by atoms with Crippen LogP contribution in [0.1, 0.15) is 54.4 Å². The summed E-state index contributed by atoms with van der Waals surface area (Å²) in [5.74, 6) is -0.704. The van der Waals surface area contributed by atoms with Crippen molar-refractivity contribution in [3.63, 3.8) is 0 Å². The molecule has 0 aromatic carbocycles. The summed E-state index contributed by atoms with van der Waals surface area (Å²) < 4.78 is 0. The minimum atomic E-state index is -0.833. The second kappa shape index (κ2) is 17.6. The van der Waals surface area contributed by atoms with Gasteiger partial charge in [-0.2, -0.15) is 0 Å². The van der Waals surface area contributed by atoms with E-state index in [1.54, 1.807) is 0 Å². The van der Waals surface area contributed by atoms with Crippen LogP contribution in [0.4, 0.5) is 0 Å². The molecular formula is C14H30N2O4. The number of amides is 1. The van der Waals surface area contributed by atoms with Gasteiger partial charge < -0.3 is 15.7 Å². The third kappa shape index (κ3) is 30.0. The van der Waals surface area contributed by atoms with Crippen LogP contribution >= 0.6 is 0 Å². The van der Waals surface area contributed by atoms with Crippen molar-refractivity contribution < 1.29 is 19.5 Å². The van der Waals surface area contributed by atoms with E-state index in [4.69, 9.17) is 9.90 Å². The van der Waals surface area contributed by atoms with Crippen LogP contribution in [0.25, 0.3) is 0 Å². The first-order valence-corrected chi connectivity index (χ1v) is 7.00.